The van der Waals surface area contributed by atoms with Gasteiger partial charge < -0.3 is 10.1 Å². The molecule has 1 aliphatic carbocycles. The Hall–Kier alpha value is -0.370. The molecule has 0 heterocycles. The van der Waals surface area contributed by atoms with Crippen molar-refractivity contribution in [1.29, 1.82) is 0 Å². The maximum absolute atomic E-state index is 10.3. The van der Waals surface area contributed by atoms with Crippen LogP contribution in [-0.4, -0.2) is 18.9 Å². The monoisotopic (exact) mass is 169 g/mol. The summed E-state index contributed by atoms with van der Waals surface area (Å²) in [4.78, 5) is 10.3. The normalized spacial score (nSPS) is 22.1. The van der Waals surface area contributed by atoms with Crippen molar-refractivity contribution in [2.45, 2.75) is 45.1 Å². The van der Waals surface area contributed by atoms with Gasteiger partial charge in [0, 0.05) is 0 Å². The average molecular weight is 169 g/mol. The van der Waals surface area contributed by atoms with Crippen molar-refractivity contribution in [3.63, 3.8) is 0 Å². The lowest BCUT2D eigenvalue weighted by Crippen LogP contribution is -2.32. The van der Waals surface area contributed by atoms with Crippen LogP contribution in [0, 0.1) is 5.92 Å². The predicted octanol–water partition coefficient (Wildman–Crippen LogP) is 1.74. The Kier molecular flexibility index (Phi) is 4.30. The van der Waals surface area contributed by atoms with Gasteiger partial charge in [-0.2, -0.15) is 0 Å². The second-order valence-electron chi connectivity index (χ2n) is 3.84. The maximum atomic E-state index is 10.3. The molecule has 1 N–H and O–H groups in total. The highest BCUT2D eigenvalue weighted by atomic mass is 16.1. The van der Waals surface area contributed by atoms with Crippen LogP contribution in [0.4, 0.5) is 0 Å². The summed E-state index contributed by atoms with van der Waals surface area (Å²) in [6, 6.07) is 0.0342. The van der Waals surface area contributed by atoms with E-state index in [2.05, 4.69) is 5.32 Å². The van der Waals surface area contributed by atoms with E-state index < -0.39 is 0 Å². The molecule has 0 saturated heterocycles. The average Bonchev–Trinajstić information content (AvgIpc) is 2.16. The van der Waals surface area contributed by atoms with Crippen LogP contribution in [-0.2, 0) is 4.79 Å². The first-order chi connectivity index (χ1) is 5.83. The molecule has 1 atom stereocenters. The first-order valence-corrected chi connectivity index (χ1v) is 5.01. The Labute approximate surface area is 74.7 Å². The van der Waals surface area contributed by atoms with E-state index in [9.17, 15) is 4.79 Å². The number of carbonyl (C=O) groups excluding carboxylic acids is 1. The van der Waals surface area contributed by atoms with Gasteiger partial charge in [0.1, 0.15) is 6.29 Å². The van der Waals surface area contributed by atoms with Crippen molar-refractivity contribution in [2.24, 2.45) is 5.92 Å². The highest BCUT2D eigenvalue weighted by Crippen LogP contribution is 2.22. The third-order valence-corrected chi connectivity index (χ3v) is 2.66. The number of hydrogen-bond donors (Lipinski definition) is 1. The molecule has 2 nitrogen and oxygen atoms in total. The largest absolute Gasteiger partial charge is 0.308 e. The fourth-order valence-corrected chi connectivity index (χ4v) is 1.79. The van der Waals surface area contributed by atoms with Gasteiger partial charge in [0.2, 0.25) is 0 Å². The van der Waals surface area contributed by atoms with Crippen LogP contribution in [0.15, 0.2) is 0 Å². The van der Waals surface area contributed by atoms with E-state index >= 15 is 0 Å². The lowest BCUT2D eigenvalue weighted by Gasteiger charge is -2.22. The van der Waals surface area contributed by atoms with E-state index in [1.54, 1.807) is 0 Å². The highest BCUT2D eigenvalue weighted by Gasteiger charge is 2.13. The first-order valence-electron chi connectivity index (χ1n) is 5.01. The second kappa shape index (κ2) is 5.31. The van der Waals surface area contributed by atoms with E-state index in [-0.39, 0.29) is 6.04 Å². The summed E-state index contributed by atoms with van der Waals surface area (Å²) >= 11 is 0. The number of rotatable bonds is 4. The van der Waals surface area contributed by atoms with Crippen LogP contribution in [0.2, 0.25) is 0 Å². The standard InChI is InChI=1S/C10H19NO/c1-9(8-12)11-7-10-5-3-2-4-6-10/h8-11H,2-7H2,1H3. The minimum Gasteiger partial charge on any atom is -0.308 e. The summed E-state index contributed by atoms with van der Waals surface area (Å²) < 4.78 is 0. The summed E-state index contributed by atoms with van der Waals surface area (Å²) in [6.07, 6.45) is 7.82. The summed E-state index contributed by atoms with van der Waals surface area (Å²) in [6.45, 7) is 2.94. The zero-order chi connectivity index (χ0) is 8.81. The lowest BCUT2D eigenvalue weighted by molar-refractivity contribution is -0.109. The first kappa shape index (κ1) is 9.72. The predicted molar refractivity (Wildman–Crippen MR) is 50.1 cm³/mol. The number of hydrogen-bond acceptors (Lipinski definition) is 2. The number of carbonyl (C=O) groups is 1. The Morgan fingerprint density at radius 3 is 2.67 bits per heavy atom. The van der Waals surface area contributed by atoms with E-state index in [4.69, 9.17) is 0 Å². The zero-order valence-corrected chi connectivity index (χ0v) is 7.88. The van der Waals surface area contributed by atoms with Gasteiger partial charge in [-0.05, 0) is 32.2 Å². The molecule has 12 heavy (non-hydrogen) atoms. The maximum Gasteiger partial charge on any atom is 0.136 e. The van der Waals surface area contributed by atoms with Crippen LogP contribution in [0.1, 0.15) is 39.0 Å². The van der Waals surface area contributed by atoms with Crippen LogP contribution in [0.3, 0.4) is 0 Å². The van der Waals surface area contributed by atoms with Crippen LogP contribution < -0.4 is 5.32 Å². The molecule has 0 amide bonds. The quantitative estimate of drug-likeness (QED) is 0.649. The molecule has 0 aliphatic heterocycles. The van der Waals surface area contributed by atoms with Crippen molar-refractivity contribution in [1.82, 2.24) is 5.32 Å². The molecular weight excluding hydrogens is 150 g/mol. The topological polar surface area (TPSA) is 29.1 Å². The molecule has 1 aliphatic rings. The van der Waals surface area contributed by atoms with Gasteiger partial charge in [-0.3, -0.25) is 0 Å². The Morgan fingerprint density at radius 1 is 1.42 bits per heavy atom. The molecule has 0 aromatic rings. The van der Waals surface area contributed by atoms with E-state index in [1.807, 2.05) is 6.92 Å². The zero-order valence-electron chi connectivity index (χ0n) is 7.88. The molecular formula is C10H19NO. The van der Waals surface area contributed by atoms with Gasteiger partial charge >= 0.3 is 0 Å². The summed E-state index contributed by atoms with van der Waals surface area (Å²) in [5.74, 6) is 0.821. The van der Waals surface area contributed by atoms with Gasteiger partial charge in [0.15, 0.2) is 0 Å². The SMILES string of the molecule is CC(C=O)NCC1CCCCC1. The Balaban J connectivity index is 2.08. The Morgan fingerprint density at radius 2 is 2.08 bits per heavy atom. The fraction of sp³-hybridized carbons (Fsp3) is 0.900. The van der Waals surface area contributed by atoms with Crippen molar-refractivity contribution < 1.29 is 4.79 Å². The molecule has 0 aromatic heterocycles. The molecule has 1 fully saturated rings. The minimum atomic E-state index is 0.0342. The molecule has 0 spiro atoms. The van der Waals surface area contributed by atoms with Crippen LogP contribution in [0.5, 0.6) is 0 Å². The van der Waals surface area contributed by atoms with Gasteiger partial charge in [-0.25, -0.2) is 0 Å². The van der Waals surface area contributed by atoms with Gasteiger partial charge in [0.05, 0.1) is 6.04 Å². The minimum absolute atomic E-state index is 0.0342. The summed E-state index contributed by atoms with van der Waals surface area (Å²) in [5.41, 5.74) is 0. The molecule has 0 bridgehead atoms. The summed E-state index contributed by atoms with van der Waals surface area (Å²) in [7, 11) is 0. The van der Waals surface area contributed by atoms with E-state index in [1.165, 1.54) is 32.1 Å². The Bertz CT molecular complexity index is 130. The van der Waals surface area contributed by atoms with Crippen molar-refractivity contribution in [2.75, 3.05) is 6.54 Å². The van der Waals surface area contributed by atoms with E-state index in [0.29, 0.717) is 0 Å². The number of nitrogens with one attached hydrogen (secondary N) is 1. The molecule has 1 rings (SSSR count). The van der Waals surface area contributed by atoms with Gasteiger partial charge in [-0.1, -0.05) is 19.3 Å². The molecule has 1 saturated carbocycles. The van der Waals surface area contributed by atoms with Crippen molar-refractivity contribution >= 4 is 6.29 Å². The van der Waals surface area contributed by atoms with Crippen LogP contribution >= 0.6 is 0 Å². The van der Waals surface area contributed by atoms with Crippen LogP contribution in [0.25, 0.3) is 0 Å². The highest BCUT2D eigenvalue weighted by molar-refractivity contribution is 5.56. The molecule has 70 valence electrons. The summed E-state index contributed by atoms with van der Waals surface area (Å²) in [5, 5.41) is 3.23. The third-order valence-electron chi connectivity index (χ3n) is 2.66. The van der Waals surface area contributed by atoms with Crippen molar-refractivity contribution in [3.05, 3.63) is 0 Å². The molecule has 0 aromatic carbocycles. The van der Waals surface area contributed by atoms with Crippen molar-refractivity contribution in [3.8, 4) is 0 Å². The molecule has 1 unspecified atom stereocenters. The van der Waals surface area contributed by atoms with E-state index in [0.717, 1.165) is 18.7 Å². The van der Waals surface area contributed by atoms with Gasteiger partial charge in [0.25, 0.3) is 0 Å². The smallest absolute Gasteiger partial charge is 0.136 e. The molecule has 0 radical (unpaired) electrons. The van der Waals surface area contributed by atoms with Gasteiger partial charge in [-0.15, -0.1) is 0 Å². The third kappa shape index (κ3) is 3.35. The number of aldehydes is 1. The second-order valence-corrected chi connectivity index (χ2v) is 3.84. The lowest BCUT2D eigenvalue weighted by atomic mass is 9.89. The molecule has 2 heteroatoms. The fourth-order valence-electron chi connectivity index (χ4n) is 1.79.